The number of hydrogen-bond donors (Lipinski definition) is 2. The van der Waals surface area contributed by atoms with E-state index in [1.807, 2.05) is 17.7 Å². The van der Waals surface area contributed by atoms with Crippen LogP contribution in [0.15, 0.2) is 29.4 Å². The zero-order valence-corrected chi connectivity index (χ0v) is 11.1. The van der Waals surface area contributed by atoms with E-state index >= 15 is 0 Å². The molecule has 2 rings (SSSR count). The molecule has 0 spiro atoms. The van der Waals surface area contributed by atoms with E-state index in [1.54, 1.807) is 18.7 Å². The lowest BCUT2D eigenvalue weighted by Gasteiger charge is -2.10. The number of pyridine rings is 1. The van der Waals surface area contributed by atoms with Crippen molar-refractivity contribution in [2.45, 2.75) is 13.5 Å². The zero-order chi connectivity index (χ0) is 12.3. The molecule has 0 saturated carbocycles. The third-order valence-electron chi connectivity index (χ3n) is 2.52. The fourth-order valence-electron chi connectivity index (χ4n) is 1.44. The summed E-state index contributed by atoms with van der Waals surface area (Å²) in [6.07, 6.45) is 7.15. The number of rotatable bonds is 4. The zero-order valence-electron chi connectivity index (χ0n) is 9.52. The second-order valence-corrected chi connectivity index (χ2v) is 4.52. The molecule has 0 bridgehead atoms. The number of anilines is 2. The van der Waals surface area contributed by atoms with Crippen molar-refractivity contribution in [3.8, 4) is 0 Å². The minimum absolute atomic E-state index is 0.692. The molecule has 3 N–H and O–H groups in total. The maximum Gasteiger partial charge on any atom is 0.140 e. The lowest BCUT2D eigenvalue weighted by molar-refractivity contribution is 0.725. The molecule has 0 aliphatic rings. The quantitative estimate of drug-likeness (QED) is 0.906. The van der Waals surface area contributed by atoms with Crippen molar-refractivity contribution >= 4 is 27.4 Å². The summed E-state index contributed by atoms with van der Waals surface area (Å²) in [6.45, 7) is 3.59. The number of halogens is 1. The smallest absolute Gasteiger partial charge is 0.140 e. The second kappa shape index (κ2) is 5.18. The Bertz CT molecular complexity index is 495. The summed E-state index contributed by atoms with van der Waals surface area (Å²) in [5.74, 6) is 0.816. The SMILES string of the molecule is Cc1c(N)cnc(NCCn2ccnc2)c1Br. The van der Waals surface area contributed by atoms with Gasteiger partial charge >= 0.3 is 0 Å². The van der Waals surface area contributed by atoms with Crippen molar-refractivity contribution in [3.05, 3.63) is 35.0 Å². The topological polar surface area (TPSA) is 68.8 Å². The first-order valence-corrected chi connectivity index (χ1v) is 6.08. The maximum atomic E-state index is 5.76. The van der Waals surface area contributed by atoms with Gasteiger partial charge in [-0.25, -0.2) is 9.97 Å². The Kier molecular flexibility index (Phi) is 3.63. The molecule has 0 fully saturated rings. The Morgan fingerprint density at radius 3 is 3.06 bits per heavy atom. The summed E-state index contributed by atoms with van der Waals surface area (Å²) < 4.78 is 2.92. The van der Waals surface area contributed by atoms with Crippen molar-refractivity contribution < 1.29 is 0 Å². The minimum atomic E-state index is 0.692. The Hall–Kier alpha value is -1.56. The van der Waals surface area contributed by atoms with Crippen LogP contribution in [-0.2, 0) is 6.54 Å². The van der Waals surface area contributed by atoms with Gasteiger partial charge in [-0.3, -0.25) is 0 Å². The number of nitrogens with two attached hydrogens (primary N) is 1. The van der Waals surface area contributed by atoms with E-state index in [2.05, 4.69) is 31.2 Å². The van der Waals surface area contributed by atoms with Crippen molar-refractivity contribution in [1.82, 2.24) is 14.5 Å². The molecule has 0 aromatic carbocycles. The molecule has 2 heterocycles. The molecule has 0 radical (unpaired) electrons. The lowest BCUT2D eigenvalue weighted by atomic mass is 10.2. The van der Waals surface area contributed by atoms with Gasteiger partial charge in [-0.15, -0.1) is 0 Å². The van der Waals surface area contributed by atoms with Gasteiger partial charge in [-0.05, 0) is 28.4 Å². The summed E-state index contributed by atoms with van der Waals surface area (Å²) in [7, 11) is 0. The van der Waals surface area contributed by atoms with E-state index in [1.165, 1.54) is 0 Å². The third kappa shape index (κ3) is 2.76. The Morgan fingerprint density at radius 1 is 1.53 bits per heavy atom. The minimum Gasteiger partial charge on any atom is -0.397 e. The number of hydrogen-bond acceptors (Lipinski definition) is 4. The fraction of sp³-hybridized carbons (Fsp3) is 0.273. The van der Waals surface area contributed by atoms with Gasteiger partial charge in [0.2, 0.25) is 0 Å². The number of imidazole rings is 1. The van der Waals surface area contributed by atoms with Crippen LogP contribution in [0.3, 0.4) is 0 Å². The first-order chi connectivity index (χ1) is 8.18. The van der Waals surface area contributed by atoms with Crippen LogP contribution in [0, 0.1) is 6.92 Å². The molecule has 5 nitrogen and oxygen atoms in total. The van der Waals surface area contributed by atoms with Gasteiger partial charge < -0.3 is 15.6 Å². The number of nitrogens with zero attached hydrogens (tertiary/aromatic N) is 3. The van der Waals surface area contributed by atoms with E-state index in [0.717, 1.165) is 28.9 Å². The van der Waals surface area contributed by atoms with Gasteiger partial charge in [0.25, 0.3) is 0 Å². The molecule has 6 heteroatoms. The highest BCUT2D eigenvalue weighted by Gasteiger charge is 2.06. The third-order valence-corrected chi connectivity index (χ3v) is 3.49. The predicted molar refractivity (Wildman–Crippen MR) is 71.8 cm³/mol. The summed E-state index contributed by atoms with van der Waals surface area (Å²) in [6, 6.07) is 0. The van der Waals surface area contributed by atoms with E-state index in [4.69, 9.17) is 5.73 Å². The second-order valence-electron chi connectivity index (χ2n) is 3.73. The van der Waals surface area contributed by atoms with Gasteiger partial charge in [0.1, 0.15) is 5.82 Å². The average molecular weight is 296 g/mol. The number of nitrogens with one attached hydrogen (secondary N) is 1. The lowest BCUT2D eigenvalue weighted by Crippen LogP contribution is -2.11. The van der Waals surface area contributed by atoms with Crippen LogP contribution in [0.25, 0.3) is 0 Å². The van der Waals surface area contributed by atoms with E-state index in [9.17, 15) is 0 Å². The first-order valence-electron chi connectivity index (χ1n) is 5.28. The van der Waals surface area contributed by atoms with Gasteiger partial charge in [-0.1, -0.05) is 0 Å². The van der Waals surface area contributed by atoms with Gasteiger partial charge in [-0.2, -0.15) is 0 Å². The number of nitrogen functional groups attached to an aromatic ring is 1. The average Bonchev–Trinajstić information content (AvgIpc) is 2.82. The van der Waals surface area contributed by atoms with Crippen LogP contribution in [0.2, 0.25) is 0 Å². The van der Waals surface area contributed by atoms with Crippen molar-refractivity contribution in [1.29, 1.82) is 0 Å². The van der Waals surface area contributed by atoms with Crippen LogP contribution in [0.1, 0.15) is 5.56 Å². The van der Waals surface area contributed by atoms with Crippen LogP contribution in [0.5, 0.6) is 0 Å². The highest BCUT2D eigenvalue weighted by atomic mass is 79.9. The monoisotopic (exact) mass is 295 g/mol. The maximum absolute atomic E-state index is 5.76. The molecule has 90 valence electrons. The number of aromatic nitrogens is 3. The molecule has 0 aliphatic heterocycles. The van der Waals surface area contributed by atoms with Crippen LogP contribution in [-0.4, -0.2) is 21.1 Å². The van der Waals surface area contributed by atoms with Crippen LogP contribution < -0.4 is 11.1 Å². The highest BCUT2D eigenvalue weighted by Crippen LogP contribution is 2.27. The molecular formula is C11H14BrN5. The standard InChI is InChI=1S/C11H14BrN5/c1-8-9(13)6-16-11(10(8)12)15-3-5-17-4-2-14-7-17/h2,4,6-7H,3,5,13H2,1H3,(H,15,16). The molecule has 0 saturated heterocycles. The molecular weight excluding hydrogens is 282 g/mol. The van der Waals surface area contributed by atoms with Crippen molar-refractivity contribution in [3.63, 3.8) is 0 Å². The van der Waals surface area contributed by atoms with Crippen molar-refractivity contribution in [2.75, 3.05) is 17.6 Å². The Labute approximate surface area is 108 Å². The molecule has 0 amide bonds. The predicted octanol–water partition coefficient (Wildman–Crippen LogP) is 2.04. The highest BCUT2D eigenvalue weighted by molar-refractivity contribution is 9.10. The molecule has 0 aliphatic carbocycles. The van der Waals surface area contributed by atoms with Gasteiger partial charge in [0, 0.05) is 25.5 Å². The largest absolute Gasteiger partial charge is 0.397 e. The summed E-state index contributed by atoms with van der Waals surface area (Å²) in [5, 5.41) is 3.26. The summed E-state index contributed by atoms with van der Waals surface area (Å²) >= 11 is 3.49. The van der Waals surface area contributed by atoms with E-state index < -0.39 is 0 Å². The Morgan fingerprint density at radius 2 is 2.35 bits per heavy atom. The van der Waals surface area contributed by atoms with E-state index in [0.29, 0.717) is 5.69 Å². The fourth-order valence-corrected chi connectivity index (χ4v) is 1.91. The van der Waals surface area contributed by atoms with Crippen LogP contribution in [0.4, 0.5) is 11.5 Å². The van der Waals surface area contributed by atoms with E-state index in [-0.39, 0.29) is 0 Å². The van der Waals surface area contributed by atoms with Crippen molar-refractivity contribution in [2.24, 2.45) is 0 Å². The Balaban J connectivity index is 1.97. The van der Waals surface area contributed by atoms with Gasteiger partial charge in [0.15, 0.2) is 0 Å². The normalized spacial score (nSPS) is 10.5. The molecule has 0 unspecified atom stereocenters. The molecule has 2 aromatic rings. The first kappa shape index (κ1) is 11.9. The van der Waals surface area contributed by atoms with Gasteiger partial charge in [0.05, 0.1) is 22.7 Å². The van der Waals surface area contributed by atoms with Crippen LogP contribution >= 0.6 is 15.9 Å². The molecule has 17 heavy (non-hydrogen) atoms. The summed E-state index contributed by atoms with van der Waals surface area (Å²) in [4.78, 5) is 8.23. The molecule has 2 aromatic heterocycles. The summed E-state index contributed by atoms with van der Waals surface area (Å²) in [5.41, 5.74) is 7.46. The molecule has 0 atom stereocenters.